The molecule has 0 bridgehead atoms. The van der Waals surface area contributed by atoms with Gasteiger partial charge in [-0.3, -0.25) is 0 Å². The Morgan fingerprint density at radius 3 is 2.84 bits per heavy atom. The zero-order valence-electron chi connectivity index (χ0n) is 11.4. The highest BCUT2D eigenvalue weighted by Gasteiger charge is 2.07. The molecule has 0 unspecified atom stereocenters. The van der Waals surface area contributed by atoms with Crippen molar-refractivity contribution in [3.05, 3.63) is 36.0 Å². The Morgan fingerprint density at radius 1 is 1.37 bits per heavy atom. The number of fused-ring (bicyclic) bond motifs is 1. The quantitative estimate of drug-likeness (QED) is 0.651. The Hall–Kier alpha value is -1.39. The van der Waals surface area contributed by atoms with Gasteiger partial charge in [-0.1, -0.05) is 38.2 Å². The van der Waals surface area contributed by atoms with E-state index < -0.39 is 0 Å². The Balaban J connectivity index is 2.12. The summed E-state index contributed by atoms with van der Waals surface area (Å²) >= 11 is 5.08. The molecule has 1 aromatic carbocycles. The second-order valence-electron chi connectivity index (χ2n) is 5.08. The minimum absolute atomic E-state index is 0.444. The summed E-state index contributed by atoms with van der Waals surface area (Å²) in [7, 11) is 0. The highest BCUT2D eigenvalue weighted by atomic mass is 32.1. The van der Waals surface area contributed by atoms with Crippen LogP contribution in [0.1, 0.15) is 19.4 Å². The fourth-order valence-corrected chi connectivity index (χ4v) is 2.29. The van der Waals surface area contributed by atoms with Crippen molar-refractivity contribution in [2.75, 3.05) is 13.2 Å². The van der Waals surface area contributed by atoms with Gasteiger partial charge in [0.1, 0.15) is 4.99 Å². The molecule has 2 N–H and O–H groups in total. The van der Waals surface area contributed by atoms with E-state index in [0.29, 0.717) is 10.9 Å². The molecule has 0 aliphatic rings. The highest BCUT2D eigenvalue weighted by Crippen LogP contribution is 2.20. The monoisotopic (exact) mass is 276 g/mol. The molecule has 3 nitrogen and oxygen atoms in total. The molecule has 0 radical (unpaired) electrons. The molecule has 0 spiro atoms. The van der Waals surface area contributed by atoms with Crippen LogP contribution in [0.5, 0.6) is 0 Å². The van der Waals surface area contributed by atoms with Gasteiger partial charge in [0, 0.05) is 35.8 Å². The van der Waals surface area contributed by atoms with Gasteiger partial charge >= 0.3 is 0 Å². The Morgan fingerprint density at radius 2 is 2.16 bits per heavy atom. The van der Waals surface area contributed by atoms with Gasteiger partial charge in [-0.25, -0.2) is 0 Å². The second-order valence-corrected chi connectivity index (χ2v) is 5.52. The average molecular weight is 276 g/mol. The predicted molar refractivity (Wildman–Crippen MR) is 83.5 cm³/mol. The smallest absolute Gasteiger partial charge is 0.104 e. The lowest BCUT2D eigenvalue weighted by molar-refractivity contribution is 0.104. The number of benzene rings is 1. The molecule has 0 amide bonds. The van der Waals surface area contributed by atoms with Crippen LogP contribution in [0.2, 0.25) is 0 Å². The van der Waals surface area contributed by atoms with E-state index in [0.717, 1.165) is 36.2 Å². The van der Waals surface area contributed by atoms with E-state index in [1.165, 1.54) is 0 Å². The lowest BCUT2D eigenvalue weighted by Crippen LogP contribution is -2.10. The van der Waals surface area contributed by atoms with Crippen LogP contribution in [0.4, 0.5) is 0 Å². The van der Waals surface area contributed by atoms with E-state index >= 15 is 0 Å². The standard InChI is InChI=1S/C15H20N2OS/c1-11(2)10-18-9-8-17-7-6-12-13(15(16)19)4-3-5-14(12)17/h3-7,11H,8-10H2,1-2H3,(H2,16,19). The maximum Gasteiger partial charge on any atom is 0.104 e. The fourth-order valence-electron chi connectivity index (χ4n) is 2.12. The molecule has 19 heavy (non-hydrogen) atoms. The molecule has 1 aromatic heterocycles. The van der Waals surface area contributed by atoms with E-state index in [4.69, 9.17) is 22.7 Å². The number of rotatable bonds is 6. The van der Waals surface area contributed by atoms with Crippen LogP contribution in [0.15, 0.2) is 30.5 Å². The Bertz CT molecular complexity index is 575. The molecule has 0 aliphatic heterocycles. The first-order valence-electron chi connectivity index (χ1n) is 6.55. The molecule has 4 heteroatoms. The predicted octanol–water partition coefficient (Wildman–Crippen LogP) is 2.95. The van der Waals surface area contributed by atoms with Crippen molar-refractivity contribution in [1.29, 1.82) is 0 Å². The van der Waals surface area contributed by atoms with Gasteiger partial charge in [0.25, 0.3) is 0 Å². The third kappa shape index (κ3) is 3.33. The van der Waals surface area contributed by atoms with E-state index in [2.05, 4.69) is 36.7 Å². The molecular formula is C15H20N2OS. The summed E-state index contributed by atoms with van der Waals surface area (Å²) in [5.74, 6) is 0.572. The van der Waals surface area contributed by atoms with Gasteiger partial charge in [0.2, 0.25) is 0 Å². The van der Waals surface area contributed by atoms with Crippen LogP contribution >= 0.6 is 12.2 Å². The molecule has 0 fully saturated rings. The van der Waals surface area contributed by atoms with Gasteiger partial charge < -0.3 is 15.0 Å². The first-order valence-corrected chi connectivity index (χ1v) is 6.96. The summed E-state index contributed by atoms with van der Waals surface area (Å²) in [4.78, 5) is 0.444. The summed E-state index contributed by atoms with van der Waals surface area (Å²) in [6, 6.07) is 8.10. The third-order valence-electron chi connectivity index (χ3n) is 3.01. The SMILES string of the molecule is CC(C)COCCn1ccc2c(C(N)=S)cccc21. The minimum Gasteiger partial charge on any atom is -0.389 e. The third-order valence-corrected chi connectivity index (χ3v) is 3.23. The summed E-state index contributed by atoms with van der Waals surface area (Å²) in [6.45, 7) is 6.67. The summed E-state index contributed by atoms with van der Waals surface area (Å²) in [5, 5.41) is 1.11. The lowest BCUT2D eigenvalue weighted by atomic mass is 10.1. The van der Waals surface area contributed by atoms with Crippen molar-refractivity contribution in [1.82, 2.24) is 4.57 Å². The molecule has 0 saturated carbocycles. The molecule has 1 heterocycles. The first-order chi connectivity index (χ1) is 9.09. The largest absolute Gasteiger partial charge is 0.389 e. The van der Waals surface area contributed by atoms with Gasteiger partial charge in [0.05, 0.1) is 6.61 Å². The zero-order chi connectivity index (χ0) is 13.8. The first kappa shape index (κ1) is 14.0. The van der Waals surface area contributed by atoms with Gasteiger partial charge in [-0.05, 0) is 18.1 Å². The van der Waals surface area contributed by atoms with E-state index in [1.807, 2.05) is 12.1 Å². The van der Waals surface area contributed by atoms with Crippen LogP contribution < -0.4 is 5.73 Å². The number of ether oxygens (including phenoxy) is 1. The number of nitrogens with two attached hydrogens (primary N) is 1. The van der Waals surface area contributed by atoms with E-state index in [-0.39, 0.29) is 0 Å². The number of hydrogen-bond acceptors (Lipinski definition) is 2. The van der Waals surface area contributed by atoms with Crippen molar-refractivity contribution >= 4 is 28.1 Å². The maximum absolute atomic E-state index is 5.74. The van der Waals surface area contributed by atoms with Crippen molar-refractivity contribution in [3.63, 3.8) is 0 Å². The molecule has 102 valence electrons. The van der Waals surface area contributed by atoms with Gasteiger partial charge in [-0.2, -0.15) is 0 Å². The van der Waals surface area contributed by atoms with Gasteiger partial charge in [-0.15, -0.1) is 0 Å². The van der Waals surface area contributed by atoms with Crippen LogP contribution in [0.3, 0.4) is 0 Å². The average Bonchev–Trinajstić information content (AvgIpc) is 2.77. The fraction of sp³-hybridized carbons (Fsp3) is 0.400. The number of nitrogens with zero attached hydrogens (tertiary/aromatic N) is 1. The summed E-state index contributed by atoms with van der Waals surface area (Å²) < 4.78 is 7.80. The maximum atomic E-state index is 5.74. The second kappa shape index (κ2) is 6.17. The molecule has 2 aromatic rings. The van der Waals surface area contributed by atoms with Crippen molar-refractivity contribution in [2.45, 2.75) is 20.4 Å². The lowest BCUT2D eigenvalue weighted by Gasteiger charge is -2.09. The molecule has 0 saturated heterocycles. The number of aromatic nitrogens is 1. The summed E-state index contributed by atoms with van der Waals surface area (Å²) in [6.07, 6.45) is 2.06. The van der Waals surface area contributed by atoms with Crippen molar-refractivity contribution in [2.24, 2.45) is 11.7 Å². The van der Waals surface area contributed by atoms with E-state index in [1.54, 1.807) is 0 Å². The van der Waals surface area contributed by atoms with Crippen molar-refractivity contribution in [3.8, 4) is 0 Å². The van der Waals surface area contributed by atoms with Crippen LogP contribution in [-0.2, 0) is 11.3 Å². The van der Waals surface area contributed by atoms with Gasteiger partial charge in [0.15, 0.2) is 0 Å². The van der Waals surface area contributed by atoms with Crippen molar-refractivity contribution < 1.29 is 4.74 Å². The topological polar surface area (TPSA) is 40.2 Å². The van der Waals surface area contributed by atoms with Crippen LogP contribution in [0.25, 0.3) is 10.9 Å². The number of thiocarbonyl (C=S) groups is 1. The molecule has 0 aliphatic carbocycles. The normalized spacial score (nSPS) is 11.3. The van der Waals surface area contributed by atoms with Crippen LogP contribution in [0, 0.1) is 5.92 Å². The highest BCUT2D eigenvalue weighted by molar-refractivity contribution is 7.80. The number of hydrogen-bond donors (Lipinski definition) is 1. The molecular weight excluding hydrogens is 256 g/mol. The minimum atomic E-state index is 0.444. The zero-order valence-corrected chi connectivity index (χ0v) is 12.2. The molecule has 2 rings (SSSR count). The van der Waals surface area contributed by atoms with E-state index in [9.17, 15) is 0 Å². The summed E-state index contributed by atoms with van der Waals surface area (Å²) in [5.41, 5.74) is 7.83. The van der Waals surface area contributed by atoms with Crippen LogP contribution in [-0.4, -0.2) is 22.8 Å². The Kier molecular flexibility index (Phi) is 4.56. The molecule has 0 atom stereocenters. The Labute approximate surface area is 119 Å².